The van der Waals surface area contributed by atoms with Crippen LogP contribution < -0.4 is 5.73 Å². The Hall–Kier alpha value is -0.610. The van der Waals surface area contributed by atoms with Crippen molar-refractivity contribution < 1.29 is 9.53 Å². The second-order valence-corrected chi connectivity index (χ2v) is 4.53. The van der Waals surface area contributed by atoms with Crippen molar-refractivity contribution in [2.24, 2.45) is 11.7 Å². The molecule has 1 fully saturated rings. The zero-order valence-corrected chi connectivity index (χ0v) is 10.4. The molecule has 0 aliphatic heterocycles. The standard InChI is InChI=1S/C12H24N2O2/c1-3-14(7-8-16-2)12(15)10-5-4-6-11(13)9-10/h10-11H,3-9,13H2,1-2H3. The highest BCUT2D eigenvalue weighted by Crippen LogP contribution is 2.24. The van der Waals surface area contributed by atoms with Crippen LogP contribution in [0.4, 0.5) is 0 Å². The molecular weight excluding hydrogens is 204 g/mol. The maximum absolute atomic E-state index is 12.2. The van der Waals surface area contributed by atoms with E-state index in [9.17, 15) is 4.79 Å². The molecule has 2 atom stereocenters. The molecule has 1 rings (SSSR count). The number of nitrogens with zero attached hydrogens (tertiary/aromatic N) is 1. The van der Waals surface area contributed by atoms with Crippen molar-refractivity contribution in [3.8, 4) is 0 Å². The van der Waals surface area contributed by atoms with Gasteiger partial charge >= 0.3 is 0 Å². The molecule has 0 aromatic carbocycles. The summed E-state index contributed by atoms with van der Waals surface area (Å²) in [5, 5.41) is 0. The molecule has 0 aromatic heterocycles. The lowest BCUT2D eigenvalue weighted by atomic mass is 9.85. The number of hydrogen-bond donors (Lipinski definition) is 1. The zero-order valence-electron chi connectivity index (χ0n) is 10.4. The van der Waals surface area contributed by atoms with Crippen LogP contribution in [0.1, 0.15) is 32.6 Å². The first-order chi connectivity index (χ1) is 7.69. The highest BCUT2D eigenvalue weighted by atomic mass is 16.5. The normalized spacial score (nSPS) is 25.4. The van der Waals surface area contributed by atoms with Crippen molar-refractivity contribution in [1.29, 1.82) is 0 Å². The first-order valence-electron chi connectivity index (χ1n) is 6.22. The summed E-state index contributed by atoms with van der Waals surface area (Å²) >= 11 is 0. The predicted octanol–water partition coefficient (Wildman–Crippen LogP) is 0.999. The number of ether oxygens (including phenoxy) is 1. The van der Waals surface area contributed by atoms with Crippen molar-refractivity contribution in [2.45, 2.75) is 38.6 Å². The second kappa shape index (κ2) is 6.86. The van der Waals surface area contributed by atoms with Gasteiger partial charge in [0, 0.05) is 32.2 Å². The van der Waals surface area contributed by atoms with Gasteiger partial charge in [0.1, 0.15) is 0 Å². The lowest BCUT2D eigenvalue weighted by Gasteiger charge is -2.30. The van der Waals surface area contributed by atoms with Crippen molar-refractivity contribution >= 4 is 5.91 Å². The van der Waals surface area contributed by atoms with Gasteiger partial charge in [0.05, 0.1) is 6.61 Å². The van der Waals surface area contributed by atoms with E-state index >= 15 is 0 Å². The monoisotopic (exact) mass is 228 g/mol. The van der Waals surface area contributed by atoms with Crippen LogP contribution in [0.15, 0.2) is 0 Å². The molecule has 2 N–H and O–H groups in total. The number of methoxy groups -OCH3 is 1. The van der Waals surface area contributed by atoms with Crippen molar-refractivity contribution in [3.63, 3.8) is 0 Å². The Bertz CT molecular complexity index is 221. The van der Waals surface area contributed by atoms with Gasteiger partial charge in [0.2, 0.25) is 5.91 Å². The van der Waals surface area contributed by atoms with Gasteiger partial charge in [-0.1, -0.05) is 6.42 Å². The summed E-state index contributed by atoms with van der Waals surface area (Å²) in [6.07, 6.45) is 3.99. The maximum Gasteiger partial charge on any atom is 0.225 e. The predicted molar refractivity (Wildman–Crippen MR) is 64.1 cm³/mol. The summed E-state index contributed by atoms with van der Waals surface area (Å²) in [5.74, 6) is 0.398. The first kappa shape index (κ1) is 13.5. The SMILES string of the molecule is CCN(CCOC)C(=O)C1CCCC(N)C1. The number of amides is 1. The van der Waals surface area contributed by atoms with Crippen LogP contribution in [-0.2, 0) is 9.53 Å². The minimum Gasteiger partial charge on any atom is -0.383 e. The van der Waals surface area contributed by atoms with Crippen molar-refractivity contribution in [1.82, 2.24) is 4.90 Å². The highest BCUT2D eigenvalue weighted by Gasteiger charge is 2.28. The summed E-state index contributed by atoms with van der Waals surface area (Å²) in [6, 6.07) is 0.212. The van der Waals surface area contributed by atoms with Crippen LogP contribution in [-0.4, -0.2) is 43.7 Å². The molecule has 1 amide bonds. The third-order valence-electron chi connectivity index (χ3n) is 3.32. The molecule has 16 heavy (non-hydrogen) atoms. The maximum atomic E-state index is 12.2. The van der Waals surface area contributed by atoms with E-state index in [1.54, 1.807) is 7.11 Å². The van der Waals surface area contributed by atoms with Gasteiger partial charge in [-0.25, -0.2) is 0 Å². The lowest BCUT2D eigenvalue weighted by Crippen LogP contribution is -2.41. The average Bonchev–Trinajstić information content (AvgIpc) is 2.29. The van der Waals surface area contributed by atoms with Gasteiger partial charge in [0.25, 0.3) is 0 Å². The first-order valence-corrected chi connectivity index (χ1v) is 6.22. The van der Waals surface area contributed by atoms with E-state index in [1.807, 2.05) is 11.8 Å². The van der Waals surface area contributed by atoms with E-state index in [4.69, 9.17) is 10.5 Å². The molecule has 0 radical (unpaired) electrons. The zero-order chi connectivity index (χ0) is 12.0. The van der Waals surface area contributed by atoms with Crippen LogP contribution >= 0.6 is 0 Å². The van der Waals surface area contributed by atoms with Gasteiger partial charge in [-0.3, -0.25) is 4.79 Å². The van der Waals surface area contributed by atoms with Crippen LogP contribution in [0, 0.1) is 5.92 Å². The van der Waals surface area contributed by atoms with Gasteiger partial charge in [0.15, 0.2) is 0 Å². The van der Waals surface area contributed by atoms with E-state index < -0.39 is 0 Å². The number of hydrogen-bond acceptors (Lipinski definition) is 3. The summed E-state index contributed by atoms with van der Waals surface area (Å²) in [5.41, 5.74) is 5.91. The van der Waals surface area contributed by atoms with Gasteiger partial charge in [-0.15, -0.1) is 0 Å². The molecule has 0 spiro atoms. The van der Waals surface area contributed by atoms with Gasteiger partial charge in [-0.05, 0) is 26.2 Å². The average molecular weight is 228 g/mol. The Balaban J connectivity index is 2.46. The quantitative estimate of drug-likeness (QED) is 0.763. The van der Waals surface area contributed by atoms with E-state index in [0.717, 1.165) is 32.2 Å². The van der Waals surface area contributed by atoms with Gasteiger partial charge in [-0.2, -0.15) is 0 Å². The summed E-state index contributed by atoms with van der Waals surface area (Å²) < 4.78 is 5.01. The van der Waals surface area contributed by atoms with Crippen LogP contribution in [0.25, 0.3) is 0 Å². The molecule has 4 heteroatoms. The molecule has 4 nitrogen and oxygen atoms in total. The molecule has 1 aliphatic carbocycles. The molecule has 0 aromatic rings. The number of rotatable bonds is 5. The summed E-state index contributed by atoms with van der Waals surface area (Å²) in [4.78, 5) is 14.1. The summed E-state index contributed by atoms with van der Waals surface area (Å²) in [6.45, 7) is 4.07. The lowest BCUT2D eigenvalue weighted by molar-refractivity contribution is -0.137. The van der Waals surface area contributed by atoms with E-state index in [-0.39, 0.29) is 17.9 Å². The molecule has 2 unspecified atom stereocenters. The minimum atomic E-state index is 0.139. The van der Waals surface area contributed by atoms with Crippen molar-refractivity contribution in [3.05, 3.63) is 0 Å². The third kappa shape index (κ3) is 3.76. The minimum absolute atomic E-state index is 0.139. The molecule has 94 valence electrons. The van der Waals surface area contributed by atoms with E-state index in [1.165, 1.54) is 0 Å². The van der Waals surface area contributed by atoms with E-state index in [2.05, 4.69) is 0 Å². The number of carbonyl (C=O) groups is 1. The number of nitrogens with two attached hydrogens (primary N) is 1. The van der Waals surface area contributed by atoms with Gasteiger partial charge < -0.3 is 15.4 Å². The molecule has 1 aliphatic rings. The molecule has 0 bridgehead atoms. The number of carbonyl (C=O) groups excluding carboxylic acids is 1. The molecular formula is C12H24N2O2. The van der Waals surface area contributed by atoms with Crippen LogP contribution in [0.3, 0.4) is 0 Å². The molecule has 0 saturated heterocycles. The summed E-state index contributed by atoms with van der Waals surface area (Å²) in [7, 11) is 1.66. The fourth-order valence-corrected chi connectivity index (χ4v) is 2.34. The van der Waals surface area contributed by atoms with Crippen molar-refractivity contribution in [2.75, 3.05) is 26.8 Å². The highest BCUT2D eigenvalue weighted by molar-refractivity contribution is 5.79. The Morgan fingerprint density at radius 2 is 2.25 bits per heavy atom. The third-order valence-corrected chi connectivity index (χ3v) is 3.32. The van der Waals surface area contributed by atoms with Crippen LogP contribution in [0.5, 0.6) is 0 Å². The Kier molecular flexibility index (Phi) is 5.77. The largest absolute Gasteiger partial charge is 0.383 e. The Labute approximate surface area is 98.1 Å². The second-order valence-electron chi connectivity index (χ2n) is 4.53. The fourth-order valence-electron chi connectivity index (χ4n) is 2.34. The number of likely N-dealkylation sites (N-methyl/N-ethyl adjacent to an activating group) is 1. The van der Waals surface area contributed by atoms with Crippen LogP contribution in [0.2, 0.25) is 0 Å². The topological polar surface area (TPSA) is 55.6 Å². The van der Waals surface area contributed by atoms with E-state index in [0.29, 0.717) is 13.2 Å². The Morgan fingerprint density at radius 1 is 1.50 bits per heavy atom. The Morgan fingerprint density at radius 3 is 2.81 bits per heavy atom. The smallest absolute Gasteiger partial charge is 0.225 e. The molecule has 1 saturated carbocycles. The molecule has 0 heterocycles. The fraction of sp³-hybridized carbons (Fsp3) is 0.917.